The lowest BCUT2D eigenvalue weighted by Gasteiger charge is -2.21. The number of benzene rings is 1. The molecule has 0 spiro atoms. The smallest absolute Gasteiger partial charge is 0.326 e. The predicted octanol–water partition coefficient (Wildman–Crippen LogP) is 0.769. The van der Waals surface area contributed by atoms with Crippen LogP contribution >= 0.6 is 0 Å². The standard InChI is InChI=1S/C13H16N2O6/c1-15(8-4-3-5-9(6-8)21-2)13(20)14-10(12(18)19)7-11(16)17/h3-6,10H,7H2,1-2H3,(H,14,20)(H,16,17)(H,18,19)/t10-/m0/s1. The molecule has 0 aliphatic rings. The van der Waals surface area contributed by atoms with E-state index in [1.54, 1.807) is 24.3 Å². The molecule has 0 saturated carbocycles. The SMILES string of the molecule is COc1cccc(N(C)C(=O)N[C@@H](CC(=O)O)C(=O)O)c1. The minimum absolute atomic E-state index is 0.478. The van der Waals surface area contributed by atoms with Crippen LogP contribution in [-0.4, -0.2) is 48.4 Å². The number of nitrogens with one attached hydrogen (secondary N) is 1. The van der Waals surface area contributed by atoms with Crippen LogP contribution in [-0.2, 0) is 9.59 Å². The van der Waals surface area contributed by atoms with Crippen LogP contribution in [0.15, 0.2) is 24.3 Å². The van der Waals surface area contributed by atoms with Crippen molar-refractivity contribution in [3.05, 3.63) is 24.3 Å². The summed E-state index contributed by atoms with van der Waals surface area (Å²) < 4.78 is 5.03. The Labute approximate surface area is 120 Å². The third kappa shape index (κ3) is 4.68. The summed E-state index contributed by atoms with van der Waals surface area (Å²) in [5.74, 6) is -2.19. The first-order valence-corrected chi connectivity index (χ1v) is 5.98. The summed E-state index contributed by atoms with van der Waals surface area (Å²) in [6.45, 7) is 0. The van der Waals surface area contributed by atoms with E-state index in [0.717, 1.165) is 0 Å². The van der Waals surface area contributed by atoms with Crippen molar-refractivity contribution in [2.45, 2.75) is 12.5 Å². The summed E-state index contributed by atoms with van der Waals surface area (Å²) in [6, 6.07) is 4.37. The zero-order valence-electron chi connectivity index (χ0n) is 11.6. The number of carbonyl (C=O) groups is 3. The second kappa shape index (κ2) is 7.13. The van der Waals surface area contributed by atoms with Gasteiger partial charge in [-0.25, -0.2) is 9.59 Å². The highest BCUT2D eigenvalue weighted by Gasteiger charge is 2.24. The van der Waals surface area contributed by atoms with Gasteiger partial charge in [0.15, 0.2) is 0 Å². The molecular weight excluding hydrogens is 280 g/mol. The fourth-order valence-electron chi connectivity index (χ4n) is 1.56. The molecule has 1 rings (SSSR count). The van der Waals surface area contributed by atoms with Gasteiger partial charge in [0.2, 0.25) is 0 Å². The van der Waals surface area contributed by atoms with Crippen LogP contribution in [0.2, 0.25) is 0 Å². The maximum Gasteiger partial charge on any atom is 0.326 e. The summed E-state index contributed by atoms with van der Waals surface area (Å²) in [5.41, 5.74) is 0.478. The van der Waals surface area contributed by atoms with Gasteiger partial charge >= 0.3 is 18.0 Å². The molecule has 8 heteroatoms. The van der Waals surface area contributed by atoms with E-state index >= 15 is 0 Å². The minimum atomic E-state index is -1.50. The Morgan fingerprint density at radius 3 is 2.52 bits per heavy atom. The van der Waals surface area contributed by atoms with E-state index in [0.29, 0.717) is 11.4 Å². The van der Waals surface area contributed by atoms with Gasteiger partial charge in [-0.05, 0) is 12.1 Å². The lowest BCUT2D eigenvalue weighted by atomic mass is 10.2. The lowest BCUT2D eigenvalue weighted by Crippen LogP contribution is -2.47. The number of carboxylic acid groups (broad SMARTS) is 2. The van der Waals surface area contributed by atoms with Crippen molar-refractivity contribution in [1.29, 1.82) is 0 Å². The van der Waals surface area contributed by atoms with Gasteiger partial charge in [-0.2, -0.15) is 0 Å². The maximum atomic E-state index is 12.0. The molecule has 1 aromatic rings. The van der Waals surface area contributed by atoms with Gasteiger partial charge in [0, 0.05) is 18.8 Å². The molecule has 3 N–H and O–H groups in total. The number of aliphatic carboxylic acids is 2. The van der Waals surface area contributed by atoms with Crippen LogP contribution in [0.3, 0.4) is 0 Å². The van der Waals surface area contributed by atoms with Crippen LogP contribution in [0.4, 0.5) is 10.5 Å². The van der Waals surface area contributed by atoms with Crippen LogP contribution < -0.4 is 15.0 Å². The van der Waals surface area contributed by atoms with Crippen molar-refractivity contribution in [2.24, 2.45) is 0 Å². The Morgan fingerprint density at radius 1 is 1.33 bits per heavy atom. The molecule has 114 valence electrons. The summed E-state index contributed by atoms with van der Waals surface area (Å²) >= 11 is 0. The van der Waals surface area contributed by atoms with Crippen LogP contribution in [0.1, 0.15) is 6.42 Å². The van der Waals surface area contributed by atoms with Gasteiger partial charge in [-0.15, -0.1) is 0 Å². The van der Waals surface area contributed by atoms with E-state index in [2.05, 4.69) is 5.32 Å². The fraction of sp³-hybridized carbons (Fsp3) is 0.308. The van der Waals surface area contributed by atoms with E-state index in [4.69, 9.17) is 14.9 Å². The first kappa shape index (κ1) is 16.3. The van der Waals surface area contributed by atoms with Crippen molar-refractivity contribution in [3.8, 4) is 5.75 Å². The second-order valence-corrected chi connectivity index (χ2v) is 4.20. The number of hydrogen-bond acceptors (Lipinski definition) is 4. The summed E-state index contributed by atoms with van der Waals surface area (Å²) in [7, 11) is 2.91. The van der Waals surface area contributed by atoms with Gasteiger partial charge in [-0.1, -0.05) is 6.07 Å². The molecule has 0 aliphatic heterocycles. The van der Waals surface area contributed by atoms with Crippen LogP contribution in [0.25, 0.3) is 0 Å². The average molecular weight is 296 g/mol. The Hall–Kier alpha value is -2.77. The molecule has 1 aromatic carbocycles. The van der Waals surface area contributed by atoms with Crippen LogP contribution in [0.5, 0.6) is 5.75 Å². The highest BCUT2D eigenvalue weighted by Crippen LogP contribution is 2.19. The van der Waals surface area contributed by atoms with Crippen LogP contribution in [0, 0.1) is 0 Å². The van der Waals surface area contributed by atoms with E-state index in [1.807, 2.05) is 0 Å². The molecule has 0 bridgehead atoms. The number of hydrogen-bond donors (Lipinski definition) is 3. The summed E-state index contributed by atoms with van der Waals surface area (Å²) in [4.78, 5) is 34.6. The van der Waals surface area contributed by atoms with Gasteiger partial charge in [0.25, 0.3) is 0 Å². The number of ether oxygens (including phenoxy) is 1. The quantitative estimate of drug-likeness (QED) is 0.714. The topological polar surface area (TPSA) is 116 Å². The van der Waals surface area contributed by atoms with Crippen molar-refractivity contribution in [2.75, 3.05) is 19.1 Å². The highest BCUT2D eigenvalue weighted by molar-refractivity contribution is 5.95. The van der Waals surface area contributed by atoms with Gasteiger partial charge in [0.1, 0.15) is 11.8 Å². The van der Waals surface area contributed by atoms with Crippen molar-refractivity contribution >= 4 is 23.7 Å². The average Bonchev–Trinajstić information content (AvgIpc) is 2.45. The summed E-state index contributed by atoms with van der Waals surface area (Å²) in [5, 5.41) is 19.7. The molecule has 0 radical (unpaired) electrons. The largest absolute Gasteiger partial charge is 0.497 e. The van der Waals surface area contributed by atoms with Gasteiger partial charge in [-0.3, -0.25) is 9.69 Å². The summed E-state index contributed by atoms with van der Waals surface area (Å²) in [6.07, 6.45) is -0.701. The first-order chi connectivity index (χ1) is 9.85. The number of anilines is 1. The molecule has 0 unspecified atom stereocenters. The normalized spacial score (nSPS) is 11.3. The number of rotatable bonds is 6. The molecule has 2 amide bonds. The molecule has 0 fully saturated rings. The molecule has 21 heavy (non-hydrogen) atoms. The Morgan fingerprint density at radius 2 is 2.00 bits per heavy atom. The zero-order chi connectivity index (χ0) is 16.0. The third-order valence-corrected chi connectivity index (χ3v) is 2.72. The molecule has 0 heterocycles. The zero-order valence-corrected chi connectivity index (χ0v) is 11.6. The highest BCUT2D eigenvalue weighted by atomic mass is 16.5. The number of carbonyl (C=O) groups excluding carboxylic acids is 1. The monoisotopic (exact) mass is 296 g/mol. The van der Waals surface area contributed by atoms with E-state index in [9.17, 15) is 14.4 Å². The molecule has 0 saturated heterocycles. The number of methoxy groups -OCH3 is 1. The van der Waals surface area contributed by atoms with E-state index in [-0.39, 0.29) is 0 Å². The number of amides is 2. The maximum absolute atomic E-state index is 12.0. The third-order valence-electron chi connectivity index (χ3n) is 2.72. The second-order valence-electron chi connectivity index (χ2n) is 4.20. The van der Waals surface area contributed by atoms with E-state index < -0.39 is 30.4 Å². The Kier molecular flexibility index (Phi) is 5.53. The minimum Gasteiger partial charge on any atom is -0.497 e. The number of carboxylic acids is 2. The number of urea groups is 1. The Bertz CT molecular complexity index is 545. The first-order valence-electron chi connectivity index (χ1n) is 5.98. The molecular formula is C13H16N2O6. The fourth-order valence-corrected chi connectivity index (χ4v) is 1.56. The Balaban J connectivity index is 2.81. The van der Waals surface area contributed by atoms with Gasteiger partial charge in [0.05, 0.1) is 13.5 Å². The molecule has 0 aliphatic carbocycles. The van der Waals surface area contributed by atoms with E-state index in [1.165, 1.54) is 19.1 Å². The molecule has 0 aromatic heterocycles. The number of nitrogens with zero attached hydrogens (tertiary/aromatic N) is 1. The van der Waals surface area contributed by atoms with Gasteiger partial charge < -0.3 is 20.3 Å². The van der Waals surface area contributed by atoms with Crippen molar-refractivity contribution in [1.82, 2.24) is 5.32 Å². The molecule has 1 atom stereocenters. The van der Waals surface area contributed by atoms with Crippen molar-refractivity contribution in [3.63, 3.8) is 0 Å². The molecule has 8 nitrogen and oxygen atoms in total. The van der Waals surface area contributed by atoms with Crippen molar-refractivity contribution < 1.29 is 29.3 Å². The predicted molar refractivity (Wildman–Crippen MR) is 73.6 cm³/mol. The lowest BCUT2D eigenvalue weighted by molar-refractivity contribution is -0.145.